The third kappa shape index (κ3) is 3.49. The minimum atomic E-state index is -0.0115. The minimum Gasteiger partial charge on any atom is -0.465 e. The normalized spacial score (nSPS) is 14.9. The lowest BCUT2D eigenvalue weighted by atomic mass is 10.3. The molecule has 0 unspecified atom stereocenters. The third-order valence-corrected chi connectivity index (χ3v) is 4.25. The molecule has 0 aliphatic carbocycles. The molecule has 0 atom stereocenters. The predicted octanol–water partition coefficient (Wildman–Crippen LogP) is 1.62. The Labute approximate surface area is 150 Å². The number of furan rings is 1. The molecule has 0 bridgehead atoms. The molecule has 1 aliphatic rings. The van der Waals surface area contributed by atoms with E-state index in [1.165, 1.54) is 0 Å². The van der Waals surface area contributed by atoms with Gasteiger partial charge in [-0.3, -0.25) is 9.36 Å². The molecule has 8 nitrogen and oxygen atoms in total. The number of nitrogens with zero attached hydrogens (tertiary/aromatic N) is 6. The number of hydrogen-bond donors (Lipinski definition) is 0. The van der Waals surface area contributed by atoms with E-state index in [4.69, 9.17) is 4.42 Å². The van der Waals surface area contributed by atoms with Gasteiger partial charge in [0.25, 0.3) is 0 Å². The summed E-state index contributed by atoms with van der Waals surface area (Å²) in [5.41, 5.74) is 0. The van der Waals surface area contributed by atoms with E-state index in [2.05, 4.69) is 20.1 Å². The molecule has 3 aromatic heterocycles. The van der Waals surface area contributed by atoms with E-state index in [0.29, 0.717) is 18.8 Å². The van der Waals surface area contributed by atoms with Gasteiger partial charge < -0.3 is 14.2 Å². The zero-order valence-corrected chi connectivity index (χ0v) is 14.1. The molecule has 1 fully saturated rings. The fourth-order valence-corrected chi connectivity index (χ4v) is 2.82. The van der Waals surface area contributed by atoms with Gasteiger partial charge in [-0.15, -0.1) is 10.2 Å². The molecule has 26 heavy (non-hydrogen) atoms. The van der Waals surface area contributed by atoms with Crippen LogP contribution in [0.4, 0.5) is 5.82 Å². The minimum absolute atomic E-state index is 0.0115. The number of rotatable bonds is 4. The van der Waals surface area contributed by atoms with Crippen molar-refractivity contribution in [3.05, 3.63) is 61.1 Å². The highest BCUT2D eigenvalue weighted by Gasteiger charge is 2.20. The molecule has 1 aliphatic heterocycles. The number of imidazole rings is 1. The van der Waals surface area contributed by atoms with Crippen LogP contribution in [0.5, 0.6) is 0 Å². The molecular weight excluding hydrogens is 332 g/mol. The summed E-state index contributed by atoms with van der Waals surface area (Å²) in [7, 11) is 0. The Balaban J connectivity index is 1.34. The van der Waals surface area contributed by atoms with Crippen LogP contribution >= 0.6 is 0 Å². The maximum atomic E-state index is 12.3. The van der Waals surface area contributed by atoms with E-state index in [1.807, 2.05) is 29.3 Å². The average molecular weight is 350 g/mol. The van der Waals surface area contributed by atoms with Gasteiger partial charge in [0.15, 0.2) is 11.6 Å². The van der Waals surface area contributed by atoms with E-state index < -0.39 is 0 Å². The lowest BCUT2D eigenvalue weighted by Gasteiger charge is -2.34. The van der Waals surface area contributed by atoms with Crippen LogP contribution in [0.15, 0.2) is 59.7 Å². The van der Waals surface area contributed by atoms with Crippen molar-refractivity contribution in [2.75, 3.05) is 31.1 Å². The van der Waals surface area contributed by atoms with Crippen LogP contribution in [0.25, 0.3) is 11.9 Å². The van der Waals surface area contributed by atoms with Gasteiger partial charge >= 0.3 is 0 Å². The molecule has 1 amide bonds. The summed E-state index contributed by atoms with van der Waals surface area (Å²) in [5, 5.41) is 8.53. The van der Waals surface area contributed by atoms with E-state index in [9.17, 15) is 4.79 Å². The van der Waals surface area contributed by atoms with Crippen LogP contribution in [-0.2, 0) is 4.79 Å². The van der Waals surface area contributed by atoms with Crippen molar-refractivity contribution in [2.45, 2.75) is 0 Å². The number of carbonyl (C=O) groups is 1. The average Bonchev–Trinajstić information content (AvgIpc) is 3.40. The summed E-state index contributed by atoms with van der Waals surface area (Å²) in [5.74, 6) is 2.20. The molecule has 8 heteroatoms. The summed E-state index contributed by atoms with van der Waals surface area (Å²) in [4.78, 5) is 20.2. The number of piperazine rings is 1. The molecule has 0 radical (unpaired) electrons. The fourth-order valence-electron chi connectivity index (χ4n) is 2.82. The first kappa shape index (κ1) is 16.1. The Kier molecular flexibility index (Phi) is 4.46. The molecule has 3 aromatic rings. The number of aromatic nitrogens is 4. The zero-order valence-electron chi connectivity index (χ0n) is 14.1. The molecule has 0 spiro atoms. The van der Waals surface area contributed by atoms with Gasteiger partial charge in [0.1, 0.15) is 12.1 Å². The topological polar surface area (TPSA) is 80.3 Å². The molecule has 0 saturated carbocycles. The van der Waals surface area contributed by atoms with Gasteiger partial charge in [-0.2, -0.15) is 0 Å². The summed E-state index contributed by atoms with van der Waals surface area (Å²) < 4.78 is 7.00. The van der Waals surface area contributed by atoms with Crippen molar-refractivity contribution in [1.82, 2.24) is 24.6 Å². The summed E-state index contributed by atoms with van der Waals surface area (Å²) in [6.07, 6.45) is 10.0. The molecule has 4 rings (SSSR count). The quantitative estimate of drug-likeness (QED) is 0.665. The second kappa shape index (κ2) is 7.22. The first-order chi connectivity index (χ1) is 12.8. The van der Waals surface area contributed by atoms with Crippen LogP contribution in [0.1, 0.15) is 5.76 Å². The highest BCUT2D eigenvalue weighted by atomic mass is 16.3. The summed E-state index contributed by atoms with van der Waals surface area (Å²) >= 11 is 0. The van der Waals surface area contributed by atoms with E-state index in [1.54, 1.807) is 41.6 Å². The first-order valence-corrected chi connectivity index (χ1v) is 8.37. The molecule has 132 valence electrons. The molecule has 1 saturated heterocycles. The van der Waals surface area contributed by atoms with Gasteiger partial charge in [-0.1, -0.05) is 0 Å². The Hall–Kier alpha value is -3.42. The van der Waals surface area contributed by atoms with Crippen LogP contribution in [0.3, 0.4) is 0 Å². The van der Waals surface area contributed by atoms with Gasteiger partial charge in [-0.25, -0.2) is 4.98 Å². The van der Waals surface area contributed by atoms with Crippen molar-refractivity contribution < 1.29 is 9.21 Å². The Morgan fingerprint density at radius 2 is 1.88 bits per heavy atom. The Morgan fingerprint density at radius 1 is 1.08 bits per heavy atom. The zero-order chi connectivity index (χ0) is 17.8. The summed E-state index contributed by atoms with van der Waals surface area (Å²) in [6, 6.07) is 7.46. The smallest absolute Gasteiger partial charge is 0.246 e. The van der Waals surface area contributed by atoms with Gasteiger partial charge in [-0.05, 0) is 30.3 Å². The van der Waals surface area contributed by atoms with E-state index in [0.717, 1.165) is 24.7 Å². The molecule has 0 aromatic carbocycles. The van der Waals surface area contributed by atoms with Crippen molar-refractivity contribution in [2.24, 2.45) is 0 Å². The molecule has 4 heterocycles. The second-order valence-electron chi connectivity index (χ2n) is 5.88. The van der Waals surface area contributed by atoms with Crippen molar-refractivity contribution in [3.8, 4) is 5.82 Å². The van der Waals surface area contributed by atoms with E-state index in [-0.39, 0.29) is 5.91 Å². The van der Waals surface area contributed by atoms with E-state index >= 15 is 0 Å². The van der Waals surface area contributed by atoms with Gasteiger partial charge in [0, 0.05) is 44.6 Å². The maximum absolute atomic E-state index is 12.3. The predicted molar refractivity (Wildman–Crippen MR) is 95.7 cm³/mol. The Bertz CT molecular complexity index is 863. The second-order valence-corrected chi connectivity index (χ2v) is 5.88. The van der Waals surface area contributed by atoms with Crippen LogP contribution in [-0.4, -0.2) is 56.7 Å². The van der Waals surface area contributed by atoms with Gasteiger partial charge in [0.05, 0.1) is 6.26 Å². The van der Waals surface area contributed by atoms with Crippen LogP contribution in [0.2, 0.25) is 0 Å². The third-order valence-electron chi connectivity index (χ3n) is 4.25. The Morgan fingerprint density at radius 3 is 2.54 bits per heavy atom. The maximum Gasteiger partial charge on any atom is 0.246 e. The molecule has 0 N–H and O–H groups in total. The fraction of sp³-hybridized carbons (Fsp3) is 0.222. The number of anilines is 1. The first-order valence-electron chi connectivity index (χ1n) is 8.37. The van der Waals surface area contributed by atoms with Crippen molar-refractivity contribution >= 4 is 17.8 Å². The number of hydrogen-bond acceptors (Lipinski definition) is 6. The SMILES string of the molecule is O=C(/C=C/c1ccco1)N1CCN(c2ccc(-n3ccnc3)nn2)CC1. The van der Waals surface area contributed by atoms with Crippen LogP contribution < -0.4 is 4.90 Å². The number of carbonyl (C=O) groups excluding carboxylic acids is 1. The monoisotopic (exact) mass is 350 g/mol. The van der Waals surface area contributed by atoms with Crippen LogP contribution in [0, 0.1) is 0 Å². The summed E-state index contributed by atoms with van der Waals surface area (Å²) in [6.45, 7) is 2.73. The van der Waals surface area contributed by atoms with Crippen molar-refractivity contribution in [1.29, 1.82) is 0 Å². The standard InChI is InChI=1S/C18H18N6O2/c25-18(6-3-15-2-1-13-26-15)23-11-9-22(10-12-23)16-4-5-17(21-20-16)24-8-7-19-14-24/h1-8,13-14H,9-12H2/b6-3+. The largest absolute Gasteiger partial charge is 0.465 e. The highest BCUT2D eigenvalue weighted by molar-refractivity contribution is 5.91. The van der Waals surface area contributed by atoms with Gasteiger partial charge in [0.2, 0.25) is 5.91 Å². The highest BCUT2D eigenvalue weighted by Crippen LogP contribution is 2.14. The van der Waals surface area contributed by atoms with Crippen molar-refractivity contribution in [3.63, 3.8) is 0 Å². The lowest BCUT2D eigenvalue weighted by Crippen LogP contribution is -2.48. The lowest BCUT2D eigenvalue weighted by molar-refractivity contribution is -0.126. The molecular formula is C18H18N6O2. The number of amides is 1.